The second-order valence-electron chi connectivity index (χ2n) is 9.20. The Morgan fingerprint density at radius 3 is 2.06 bits per heavy atom. The van der Waals surface area contributed by atoms with Gasteiger partial charge in [-0.3, -0.25) is 14.3 Å². The number of ketones is 1. The molecule has 4 rings (SSSR count). The van der Waals surface area contributed by atoms with Crippen molar-refractivity contribution >= 4 is 17.6 Å². The minimum absolute atomic E-state index is 0.0298. The number of anilines is 1. The first-order chi connectivity index (χ1) is 16.8. The summed E-state index contributed by atoms with van der Waals surface area (Å²) in [5, 5.41) is 0. The van der Waals surface area contributed by atoms with Crippen molar-refractivity contribution in [2.24, 2.45) is 0 Å². The van der Waals surface area contributed by atoms with E-state index in [1.165, 1.54) is 0 Å². The third kappa shape index (κ3) is 5.84. The van der Waals surface area contributed by atoms with Crippen LogP contribution in [0, 0.1) is 0 Å². The van der Waals surface area contributed by atoms with Crippen LogP contribution in [0.4, 0.5) is 10.5 Å². The smallest absolute Gasteiger partial charge is 0.415 e. The number of carbonyl (C=O) groups is 2. The Bertz CT molecular complexity index is 1260. The molecule has 3 aromatic carbocycles. The van der Waals surface area contributed by atoms with Crippen LogP contribution in [0.5, 0.6) is 0 Å². The van der Waals surface area contributed by atoms with E-state index in [2.05, 4.69) is 4.98 Å². The summed E-state index contributed by atoms with van der Waals surface area (Å²) in [4.78, 5) is 33.1. The second kappa shape index (κ2) is 10.4. The SMILES string of the molecule is CC(C)(C)OC(=O)N(c1ccccc1)C(CC(=O)c1nccn1-c1ccccc1)c1ccccc1. The van der Waals surface area contributed by atoms with Gasteiger partial charge < -0.3 is 4.74 Å². The molecule has 1 aromatic heterocycles. The Hall–Kier alpha value is -4.19. The van der Waals surface area contributed by atoms with Crippen LogP contribution in [0.1, 0.15) is 49.4 Å². The van der Waals surface area contributed by atoms with Gasteiger partial charge in [-0.15, -0.1) is 0 Å². The average molecular weight is 468 g/mol. The summed E-state index contributed by atoms with van der Waals surface area (Å²) in [6, 6.07) is 27.8. The van der Waals surface area contributed by atoms with Crippen LogP contribution in [-0.2, 0) is 4.74 Å². The lowest BCUT2D eigenvalue weighted by Crippen LogP contribution is -2.40. The van der Waals surface area contributed by atoms with Gasteiger partial charge in [0.05, 0.1) is 6.04 Å². The molecule has 178 valence electrons. The molecule has 0 saturated carbocycles. The Morgan fingerprint density at radius 2 is 1.46 bits per heavy atom. The van der Waals surface area contributed by atoms with Crippen molar-refractivity contribution in [2.75, 3.05) is 4.90 Å². The van der Waals surface area contributed by atoms with E-state index >= 15 is 0 Å². The number of para-hydroxylation sites is 2. The minimum Gasteiger partial charge on any atom is -0.443 e. The largest absolute Gasteiger partial charge is 0.443 e. The van der Waals surface area contributed by atoms with Crippen LogP contribution in [0.2, 0.25) is 0 Å². The third-order valence-electron chi connectivity index (χ3n) is 5.42. The number of nitrogens with zero attached hydrogens (tertiary/aromatic N) is 3. The highest BCUT2D eigenvalue weighted by Crippen LogP contribution is 2.33. The number of Topliss-reactive ketones (excluding diaryl/α,β-unsaturated/α-hetero) is 1. The summed E-state index contributed by atoms with van der Waals surface area (Å²) in [5.74, 6) is 0.131. The monoisotopic (exact) mass is 467 g/mol. The van der Waals surface area contributed by atoms with Gasteiger partial charge >= 0.3 is 6.09 Å². The van der Waals surface area contributed by atoms with Gasteiger partial charge in [-0.25, -0.2) is 9.78 Å². The molecule has 6 heteroatoms. The number of carbonyl (C=O) groups excluding carboxylic acids is 2. The number of rotatable bonds is 7. The van der Waals surface area contributed by atoms with Crippen molar-refractivity contribution in [2.45, 2.75) is 38.8 Å². The molecule has 4 aromatic rings. The van der Waals surface area contributed by atoms with Gasteiger partial charge in [0.25, 0.3) is 0 Å². The average Bonchev–Trinajstić information content (AvgIpc) is 3.34. The molecule has 0 aliphatic rings. The molecular weight excluding hydrogens is 438 g/mol. The van der Waals surface area contributed by atoms with E-state index in [0.29, 0.717) is 11.5 Å². The van der Waals surface area contributed by atoms with E-state index in [0.717, 1.165) is 11.3 Å². The van der Waals surface area contributed by atoms with E-state index < -0.39 is 17.7 Å². The predicted octanol–water partition coefficient (Wildman–Crippen LogP) is 6.63. The highest BCUT2D eigenvalue weighted by atomic mass is 16.6. The molecule has 0 spiro atoms. The molecular formula is C29H29N3O3. The molecule has 0 fully saturated rings. The molecule has 1 atom stereocenters. The first-order valence-electron chi connectivity index (χ1n) is 11.6. The molecule has 1 amide bonds. The molecule has 0 radical (unpaired) electrons. The Kier molecular flexibility index (Phi) is 7.11. The summed E-state index contributed by atoms with van der Waals surface area (Å²) < 4.78 is 7.55. The normalized spacial score (nSPS) is 12.1. The standard InChI is InChI=1S/C29H29N3O3/c1-29(2,3)35-28(34)32(24-17-11-6-12-18-24)25(22-13-7-4-8-14-22)21-26(33)27-30-19-20-31(27)23-15-9-5-10-16-23/h4-20,25H,21H2,1-3H3. The van der Waals surface area contributed by atoms with Gasteiger partial charge in [0.1, 0.15) is 5.60 Å². The number of benzene rings is 3. The van der Waals surface area contributed by atoms with E-state index in [-0.39, 0.29) is 12.2 Å². The van der Waals surface area contributed by atoms with Crippen molar-refractivity contribution in [1.82, 2.24) is 9.55 Å². The number of amides is 1. The fraction of sp³-hybridized carbons (Fsp3) is 0.207. The Balaban J connectivity index is 1.75. The van der Waals surface area contributed by atoms with Crippen LogP contribution in [-0.4, -0.2) is 27.0 Å². The quantitative estimate of drug-likeness (QED) is 0.286. The minimum atomic E-state index is -0.696. The highest BCUT2D eigenvalue weighted by molar-refractivity contribution is 5.96. The summed E-state index contributed by atoms with van der Waals surface area (Å²) in [5.41, 5.74) is 1.62. The number of hydrogen-bond acceptors (Lipinski definition) is 4. The first kappa shape index (κ1) is 24.0. The van der Waals surface area contributed by atoms with Gasteiger partial charge in [0, 0.05) is 30.2 Å². The molecule has 35 heavy (non-hydrogen) atoms. The molecule has 1 unspecified atom stereocenters. The molecule has 1 heterocycles. The molecule has 0 saturated heterocycles. The van der Waals surface area contributed by atoms with E-state index in [1.807, 2.05) is 112 Å². The zero-order valence-electron chi connectivity index (χ0n) is 20.2. The molecule has 0 aliphatic carbocycles. The van der Waals surface area contributed by atoms with E-state index in [9.17, 15) is 9.59 Å². The summed E-state index contributed by atoms with van der Waals surface area (Å²) in [6.07, 6.45) is 2.89. The van der Waals surface area contributed by atoms with Gasteiger partial charge in [0.15, 0.2) is 5.82 Å². The van der Waals surface area contributed by atoms with Crippen molar-refractivity contribution in [1.29, 1.82) is 0 Å². The summed E-state index contributed by atoms with van der Waals surface area (Å²) in [6.45, 7) is 5.48. The maximum Gasteiger partial charge on any atom is 0.415 e. The summed E-state index contributed by atoms with van der Waals surface area (Å²) in [7, 11) is 0. The van der Waals surface area contributed by atoms with Crippen molar-refractivity contribution in [3.63, 3.8) is 0 Å². The molecule has 0 bridgehead atoms. The van der Waals surface area contributed by atoms with Gasteiger partial charge in [-0.2, -0.15) is 0 Å². The van der Waals surface area contributed by atoms with Crippen LogP contribution < -0.4 is 4.90 Å². The number of ether oxygens (including phenoxy) is 1. The fourth-order valence-corrected chi connectivity index (χ4v) is 3.92. The lowest BCUT2D eigenvalue weighted by Gasteiger charge is -2.33. The lowest BCUT2D eigenvalue weighted by molar-refractivity contribution is 0.0562. The van der Waals surface area contributed by atoms with E-state index in [4.69, 9.17) is 4.74 Å². The lowest BCUT2D eigenvalue weighted by atomic mass is 9.98. The van der Waals surface area contributed by atoms with Crippen LogP contribution in [0.15, 0.2) is 103 Å². The Labute approximate surface area is 205 Å². The Morgan fingerprint density at radius 1 is 0.886 bits per heavy atom. The maximum absolute atomic E-state index is 13.7. The number of imidazole rings is 1. The second-order valence-corrected chi connectivity index (χ2v) is 9.20. The number of aromatic nitrogens is 2. The topological polar surface area (TPSA) is 64.4 Å². The molecule has 0 N–H and O–H groups in total. The molecule has 0 aliphatic heterocycles. The summed E-state index contributed by atoms with van der Waals surface area (Å²) >= 11 is 0. The predicted molar refractivity (Wildman–Crippen MR) is 137 cm³/mol. The van der Waals surface area contributed by atoms with Crippen LogP contribution in [0.3, 0.4) is 0 Å². The van der Waals surface area contributed by atoms with Gasteiger partial charge in [-0.05, 0) is 50.6 Å². The maximum atomic E-state index is 13.7. The highest BCUT2D eigenvalue weighted by Gasteiger charge is 2.33. The van der Waals surface area contributed by atoms with E-state index in [1.54, 1.807) is 21.9 Å². The van der Waals surface area contributed by atoms with Crippen LogP contribution in [0.25, 0.3) is 5.69 Å². The number of hydrogen-bond donors (Lipinski definition) is 0. The van der Waals surface area contributed by atoms with Crippen LogP contribution >= 0.6 is 0 Å². The fourth-order valence-electron chi connectivity index (χ4n) is 3.92. The molecule has 6 nitrogen and oxygen atoms in total. The first-order valence-corrected chi connectivity index (χ1v) is 11.6. The van der Waals surface area contributed by atoms with Gasteiger partial charge in [0.2, 0.25) is 5.78 Å². The van der Waals surface area contributed by atoms with Crippen molar-refractivity contribution < 1.29 is 14.3 Å². The van der Waals surface area contributed by atoms with Crippen molar-refractivity contribution in [3.05, 3.63) is 115 Å². The zero-order chi connectivity index (χ0) is 24.8. The zero-order valence-corrected chi connectivity index (χ0v) is 20.2. The van der Waals surface area contributed by atoms with Gasteiger partial charge in [-0.1, -0.05) is 66.7 Å². The van der Waals surface area contributed by atoms with Crippen molar-refractivity contribution in [3.8, 4) is 5.69 Å². The third-order valence-corrected chi connectivity index (χ3v) is 5.42.